The van der Waals surface area contributed by atoms with Crippen molar-refractivity contribution < 1.29 is 18.7 Å². The number of benzene rings is 2. The zero-order chi connectivity index (χ0) is 24.9. The standard InChI is InChI=1S/C28H32FN3O3.ClH/c1-18(35-3)26(30)16-32(28(33)25-14-24(25)27-13-10-22(29)15-31-27)23-11-8-21(9-12-23)20-6-4-19(5-7-20)17-34-2;/h4-13,15,18,24-26H,14,16-17,30H2,1-3H3;1H/t18-,24-,25-,26-;/m1./s1. The normalized spacial score (nSPS) is 18.1. The van der Waals surface area contributed by atoms with Crippen molar-refractivity contribution in [3.8, 4) is 11.1 Å². The van der Waals surface area contributed by atoms with Crippen molar-refractivity contribution in [1.82, 2.24) is 4.98 Å². The Morgan fingerprint density at radius 3 is 2.28 bits per heavy atom. The van der Waals surface area contributed by atoms with Crippen molar-refractivity contribution in [1.29, 1.82) is 0 Å². The van der Waals surface area contributed by atoms with Crippen LogP contribution >= 0.6 is 12.4 Å². The van der Waals surface area contributed by atoms with Gasteiger partial charge < -0.3 is 20.1 Å². The molecule has 0 saturated heterocycles. The third-order valence-electron chi connectivity index (χ3n) is 6.65. The second-order valence-electron chi connectivity index (χ2n) is 9.08. The van der Waals surface area contributed by atoms with Gasteiger partial charge in [-0.05, 0) is 54.3 Å². The Kier molecular flexibility index (Phi) is 9.56. The van der Waals surface area contributed by atoms with E-state index in [2.05, 4.69) is 17.1 Å². The predicted octanol–water partition coefficient (Wildman–Crippen LogP) is 4.95. The van der Waals surface area contributed by atoms with Gasteiger partial charge in [0.15, 0.2) is 0 Å². The fraction of sp³-hybridized carbons (Fsp3) is 0.357. The molecule has 192 valence electrons. The summed E-state index contributed by atoms with van der Waals surface area (Å²) in [5.41, 5.74) is 11.1. The first-order valence-corrected chi connectivity index (χ1v) is 11.8. The summed E-state index contributed by atoms with van der Waals surface area (Å²) in [4.78, 5) is 19.5. The fourth-order valence-corrected chi connectivity index (χ4v) is 4.25. The minimum atomic E-state index is -0.383. The number of amides is 1. The highest BCUT2D eigenvalue weighted by Gasteiger charge is 2.47. The molecular formula is C28H33ClFN3O3. The molecule has 1 fully saturated rings. The van der Waals surface area contributed by atoms with Crippen molar-refractivity contribution in [3.63, 3.8) is 0 Å². The van der Waals surface area contributed by atoms with Crippen molar-refractivity contribution >= 4 is 24.0 Å². The molecule has 1 aliphatic carbocycles. The van der Waals surface area contributed by atoms with E-state index in [-0.39, 0.29) is 48.1 Å². The third kappa shape index (κ3) is 6.48. The number of ether oxygens (including phenoxy) is 2. The average Bonchev–Trinajstić information content (AvgIpc) is 3.68. The van der Waals surface area contributed by atoms with Gasteiger partial charge in [0.25, 0.3) is 0 Å². The van der Waals surface area contributed by atoms with Crippen LogP contribution in [0.25, 0.3) is 11.1 Å². The van der Waals surface area contributed by atoms with Crippen LogP contribution in [0.4, 0.5) is 10.1 Å². The van der Waals surface area contributed by atoms with Crippen molar-refractivity contribution in [2.24, 2.45) is 11.7 Å². The molecule has 2 N–H and O–H groups in total. The minimum Gasteiger partial charge on any atom is -0.380 e. The second kappa shape index (κ2) is 12.4. The monoisotopic (exact) mass is 513 g/mol. The molecule has 1 amide bonds. The van der Waals surface area contributed by atoms with Gasteiger partial charge in [-0.25, -0.2) is 4.39 Å². The first-order valence-electron chi connectivity index (χ1n) is 11.8. The van der Waals surface area contributed by atoms with E-state index in [0.29, 0.717) is 19.6 Å². The topological polar surface area (TPSA) is 77.7 Å². The number of rotatable bonds is 10. The summed E-state index contributed by atoms with van der Waals surface area (Å²) in [6, 6.07) is 18.8. The highest BCUT2D eigenvalue weighted by atomic mass is 35.5. The molecular weight excluding hydrogens is 481 g/mol. The summed E-state index contributed by atoms with van der Waals surface area (Å²) >= 11 is 0. The third-order valence-corrected chi connectivity index (χ3v) is 6.65. The molecule has 0 spiro atoms. The molecule has 4 rings (SSSR count). The van der Waals surface area contributed by atoms with Crippen molar-refractivity contribution in [2.45, 2.75) is 38.0 Å². The number of anilines is 1. The molecule has 6 nitrogen and oxygen atoms in total. The van der Waals surface area contributed by atoms with Crippen LogP contribution in [0.3, 0.4) is 0 Å². The molecule has 2 aromatic carbocycles. The van der Waals surface area contributed by atoms with E-state index < -0.39 is 0 Å². The molecule has 1 heterocycles. The lowest BCUT2D eigenvalue weighted by Gasteiger charge is -2.29. The van der Waals surface area contributed by atoms with E-state index in [1.165, 1.54) is 12.3 Å². The van der Waals surface area contributed by atoms with E-state index >= 15 is 0 Å². The zero-order valence-electron chi connectivity index (χ0n) is 20.8. The molecule has 1 aliphatic rings. The molecule has 8 heteroatoms. The maximum atomic E-state index is 13.6. The van der Waals surface area contributed by atoms with Crippen molar-refractivity contribution in [2.75, 3.05) is 25.7 Å². The van der Waals surface area contributed by atoms with Gasteiger partial charge in [0.05, 0.1) is 18.9 Å². The smallest absolute Gasteiger partial charge is 0.230 e. The van der Waals surface area contributed by atoms with Gasteiger partial charge in [0.1, 0.15) is 5.82 Å². The van der Waals surface area contributed by atoms with Gasteiger partial charge >= 0.3 is 0 Å². The van der Waals surface area contributed by atoms with Gasteiger partial charge in [-0.15, -0.1) is 12.4 Å². The summed E-state index contributed by atoms with van der Waals surface area (Å²) in [5, 5.41) is 0. The Morgan fingerprint density at radius 2 is 1.72 bits per heavy atom. The number of carbonyl (C=O) groups excluding carboxylic acids is 1. The lowest BCUT2D eigenvalue weighted by Crippen LogP contribution is -2.47. The van der Waals surface area contributed by atoms with E-state index in [1.807, 2.05) is 43.3 Å². The molecule has 3 aromatic rings. The Balaban J connectivity index is 0.00000361. The first-order chi connectivity index (χ1) is 16.9. The van der Waals surface area contributed by atoms with Crippen LogP contribution in [0.5, 0.6) is 0 Å². The van der Waals surface area contributed by atoms with Crippen LogP contribution in [-0.2, 0) is 20.9 Å². The summed E-state index contributed by atoms with van der Waals surface area (Å²) in [5.74, 6) is -0.596. The first kappa shape index (κ1) is 27.7. The number of hydrogen-bond donors (Lipinski definition) is 1. The highest BCUT2D eigenvalue weighted by molar-refractivity contribution is 5.97. The fourth-order valence-electron chi connectivity index (χ4n) is 4.25. The van der Waals surface area contributed by atoms with E-state index in [9.17, 15) is 9.18 Å². The van der Waals surface area contributed by atoms with Gasteiger partial charge in [0.2, 0.25) is 5.91 Å². The lowest BCUT2D eigenvalue weighted by molar-refractivity contribution is -0.120. The molecule has 36 heavy (non-hydrogen) atoms. The second-order valence-corrected chi connectivity index (χ2v) is 9.08. The highest BCUT2D eigenvalue weighted by Crippen LogP contribution is 2.48. The Hall–Kier alpha value is -2.84. The van der Waals surface area contributed by atoms with Gasteiger partial charge in [-0.2, -0.15) is 0 Å². The lowest BCUT2D eigenvalue weighted by atomic mass is 10.0. The Labute approximate surface area is 218 Å². The van der Waals surface area contributed by atoms with Crippen LogP contribution in [0, 0.1) is 11.7 Å². The van der Waals surface area contributed by atoms with Crippen molar-refractivity contribution in [3.05, 3.63) is 83.9 Å². The number of nitrogens with two attached hydrogens (primary N) is 1. The number of hydrogen-bond acceptors (Lipinski definition) is 5. The van der Waals surface area contributed by atoms with Crippen LogP contribution in [0.15, 0.2) is 66.9 Å². The number of aromatic nitrogens is 1. The number of nitrogens with zero attached hydrogens (tertiary/aromatic N) is 2. The van der Waals surface area contributed by atoms with E-state index in [1.54, 1.807) is 25.2 Å². The SMILES string of the molecule is COCc1ccc(-c2ccc(N(C[C@@H](N)[C@@H](C)OC)C(=O)[C@@H]3C[C@H]3c3ccc(F)cn3)cc2)cc1.Cl. The van der Waals surface area contributed by atoms with Gasteiger partial charge in [-0.3, -0.25) is 9.78 Å². The summed E-state index contributed by atoms with van der Waals surface area (Å²) < 4.78 is 23.8. The van der Waals surface area contributed by atoms with Crippen LogP contribution in [-0.4, -0.2) is 43.8 Å². The van der Waals surface area contributed by atoms with Crippen LogP contribution in [0.1, 0.15) is 30.5 Å². The zero-order valence-corrected chi connectivity index (χ0v) is 21.6. The summed E-state index contributed by atoms with van der Waals surface area (Å²) in [6.45, 7) is 2.80. The molecule has 0 bridgehead atoms. The molecule has 4 atom stereocenters. The van der Waals surface area contributed by atoms with E-state index in [4.69, 9.17) is 15.2 Å². The maximum Gasteiger partial charge on any atom is 0.230 e. The molecule has 0 aliphatic heterocycles. The van der Waals surface area contributed by atoms with Crippen LogP contribution in [0.2, 0.25) is 0 Å². The Morgan fingerprint density at radius 1 is 1.08 bits per heavy atom. The summed E-state index contributed by atoms with van der Waals surface area (Å²) in [7, 11) is 3.29. The molecule has 0 radical (unpaired) electrons. The largest absolute Gasteiger partial charge is 0.380 e. The average molecular weight is 514 g/mol. The minimum absolute atomic E-state index is 0. The quantitative estimate of drug-likeness (QED) is 0.415. The number of pyridine rings is 1. The molecule has 0 unspecified atom stereocenters. The molecule has 1 aromatic heterocycles. The van der Waals surface area contributed by atoms with Gasteiger partial charge in [0, 0.05) is 50.0 Å². The van der Waals surface area contributed by atoms with Gasteiger partial charge in [-0.1, -0.05) is 36.4 Å². The predicted molar refractivity (Wildman–Crippen MR) is 142 cm³/mol. The number of carbonyl (C=O) groups is 1. The Bertz CT molecular complexity index is 1130. The van der Waals surface area contributed by atoms with Crippen LogP contribution < -0.4 is 10.6 Å². The number of halogens is 2. The molecule has 1 saturated carbocycles. The summed E-state index contributed by atoms with van der Waals surface area (Å²) in [6.07, 6.45) is 1.68. The van der Waals surface area contributed by atoms with E-state index in [0.717, 1.165) is 28.1 Å². The maximum absolute atomic E-state index is 13.6. The number of methoxy groups -OCH3 is 2.